The summed E-state index contributed by atoms with van der Waals surface area (Å²) in [5.41, 5.74) is 0. The van der Waals surface area contributed by atoms with Gasteiger partial charge in [0.1, 0.15) is 41.2 Å². The maximum atomic E-state index is 13.8. The molecule has 9 heteroatoms. The monoisotopic (exact) mass is 401 g/mol. The van der Waals surface area contributed by atoms with Crippen molar-refractivity contribution in [2.24, 2.45) is 0 Å². The minimum Gasteiger partial charge on any atom is -0.488 e. The summed E-state index contributed by atoms with van der Waals surface area (Å²) in [5, 5.41) is 0. The minimum atomic E-state index is -4.07. The summed E-state index contributed by atoms with van der Waals surface area (Å²) in [5.74, 6) is -1.52. The molecular formula is C18H20F3N2O3S+. The first-order valence-corrected chi connectivity index (χ1v) is 9.97. The van der Waals surface area contributed by atoms with Crippen molar-refractivity contribution < 1.29 is 31.2 Å². The summed E-state index contributed by atoms with van der Waals surface area (Å²) in [6.45, 7) is 2.55. The van der Waals surface area contributed by atoms with E-state index in [4.69, 9.17) is 4.74 Å². The SMILES string of the molecule is O=S(=O)(c1cc(F)ccc1F)N1CC[NH+](CCOc2ccc(F)cc2)CC1. The van der Waals surface area contributed by atoms with Gasteiger partial charge in [0.2, 0.25) is 10.0 Å². The Bertz CT molecular complexity index is 883. The molecule has 1 fully saturated rings. The second-order valence-corrected chi connectivity index (χ2v) is 8.19. The van der Waals surface area contributed by atoms with Gasteiger partial charge in [0.15, 0.2) is 0 Å². The molecule has 0 saturated carbocycles. The maximum Gasteiger partial charge on any atom is 0.246 e. The van der Waals surface area contributed by atoms with E-state index < -0.39 is 26.6 Å². The minimum absolute atomic E-state index is 0.212. The largest absolute Gasteiger partial charge is 0.488 e. The molecule has 1 saturated heterocycles. The molecule has 1 aliphatic rings. The van der Waals surface area contributed by atoms with Crippen LogP contribution in [0.15, 0.2) is 47.4 Å². The van der Waals surface area contributed by atoms with Crippen molar-refractivity contribution in [3.8, 4) is 5.75 Å². The molecule has 1 N–H and O–H groups in total. The van der Waals surface area contributed by atoms with Crippen LogP contribution in [0.25, 0.3) is 0 Å². The van der Waals surface area contributed by atoms with E-state index in [-0.39, 0.29) is 18.9 Å². The van der Waals surface area contributed by atoms with Crippen molar-refractivity contribution in [3.05, 3.63) is 59.9 Å². The molecule has 0 radical (unpaired) electrons. The third kappa shape index (κ3) is 4.79. The highest BCUT2D eigenvalue weighted by molar-refractivity contribution is 7.89. The van der Waals surface area contributed by atoms with Crippen molar-refractivity contribution >= 4 is 10.0 Å². The second kappa shape index (κ2) is 8.28. The molecule has 1 heterocycles. The predicted molar refractivity (Wildman–Crippen MR) is 92.6 cm³/mol. The lowest BCUT2D eigenvalue weighted by atomic mass is 10.3. The van der Waals surface area contributed by atoms with E-state index in [0.29, 0.717) is 38.1 Å². The van der Waals surface area contributed by atoms with Crippen LogP contribution in [0.4, 0.5) is 13.2 Å². The van der Waals surface area contributed by atoms with Crippen LogP contribution in [0.5, 0.6) is 5.75 Å². The van der Waals surface area contributed by atoms with Crippen LogP contribution < -0.4 is 9.64 Å². The Kier molecular flexibility index (Phi) is 6.03. The van der Waals surface area contributed by atoms with Gasteiger partial charge in [-0.25, -0.2) is 21.6 Å². The lowest BCUT2D eigenvalue weighted by molar-refractivity contribution is -0.903. The second-order valence-electron chi connectivity index (χ2n) is 6.28. The summed E-state index contributed by atoms with van der Waals surface area (Å²) < 4.78 is 71.8. The third-order valence-corrected chi connectivity index (χ3v) is 6.39. The first-order chi connectivity index (χ1) is 12.9. The molecule has 2 aromatic carbocycles. The van der Waals surface area contributed by atoms with Gasteiger partial charge in [-0.15, -0.1) is 0 Å². The topological polar surface area (TPSA) is 51.0 Å². The van der Waals surface area contributed by atoms with Gasteiger partial charge in [0.25, 0.3) is 0 Å². The Balaban J connectivity index is 1.52. The zero-order valence-electron chi connectivity index (χ0n) is 14.5. The van der Waals surface area contributed by atoms with E-state index in [1.54, 1.807) is 12.1 Å². The molecule has 1 aliphatic heterocycles. The van der Waals surface area contributed by atoms with Gasteiger partial charge in [-0.05, 0) is 42.5 Å². The lowest BCUT2D eigenvalue weighted by Gasteiger charge is -2.31. The fraction of sp³-hybridized carbons (Fsp3) is 0.333. The number of halogens is 3. The molecule has 0 amide bonds. The van der Waals surface area contributed by atoms with Crippen molar-refractivity contribution in [2.75, 3.05) is 39.3 Å². The molecule has 0 spiro atoms. The summed E-state index contributed by atoms with van der Waals surface area (Å²) in [6.07, 6.45) is 0. The van der Waals surface area contributed by atoms with Crippen LogP contribution in [-0.2, 0) is 10.0 Å². The number of benzene rings is 2. The molecule has 0 aliphatic carbocycles. The molecule has 2 aromatic rings. The van der Waals surface area contributed by atoms with E-state index in [1.165, 1.54) is 16.4 Å². The fourth-order valence-corrected chi connectivity index (χ4v) is 4.47. The van der Waals surface area contributed by atoms with Gasteiger partial charge in [-0.1, -0.05) is 0 Å². The highest BCUT2D eigenvalue weighted by Crippen LogP contribution is 2.20. The number of nitrogens with one attached hydrogen (secondary N) is 1. The average Bonchev–Trinajstić information content (AvgIpc) is 2.66. The Morgan fingerprint density at radius 1 is 0.963 bits per heavy atom. The Morgan fingerprint density at radius 2 is 1.59 bits per heavy atom. The number of quaternary nitrogens is 1. The highest BCUT2D eigenvalue weighted by Gasteiger charge is 2.32. The van der Waals surface area contributed by atoms with Gasteiger partial charge in [-0.2, -0.15) is 4.31 Å². The molecular weight excluding hydrogens is 381 g/mol. The van der Waals surface area contributed by atoms with Gasteiger partial charge < -0.3 is 9.64 Å². The number of piperazine rings is 1. The normalized spacial score (nSPS) is 16.4. The van der Waals surface area contributed by atoms with E-state index in [0.717, 1.165) is 17.0 Å². The Morgan fingerprint density at radius 3 is 2.26 bits per heavy atom. The molecule has 5 nitrogen and oxygen atoms in total. The fourth-order valence-electron chi connectivity index (χ4n) is 2.95. The Labute approximate surface area is 156 Å². The Hall–Kier alpha value is -2.10. The molecule has 0 unspecified atom stereocenters. The van der Waals surface area contributed by atoms with Gasteiger partial charge >= 0.3 is 0 Å². The van der Waals surface area contributed by atoms with Crippen LogP contribution >= 0.6 is 0 Å². The highest BCUT2D eigenvalue weighted by atomic mass is 32.2. The third-order valence-electron chi connectivity index (χ3n) is 4.48. The van der Waals surface area contributed by atoms with Crippen molar-refractivity contribution in [3.63, 3.8) is 0 Å². The number of ether oxygens (including phenoxy) is 1. The smallest absolute Gasteiger partial charge is 0.246 e. The van der Waals surface area contributed by atoms with Gasteiger partial charge in [-0.3, -0.25) is 0 Å². The summed E-state index contributed by atoms with van der Waals surface area (Å²) in [6, 6.07) is 8.13. The standard InChI is InChI=1S/C18H19F3N2O3S/c19-14-1-4-16(5-2-14)26-12-11-22-7-9-23(10-8-22)27(24,25)18-13-15(20)3-6-17(18)21/h1-6,13H,7-12H2/p+1. The zero-order valence-corrected chi connectivity index (χ0v) is 15.3. The number of hydrogen-bond acceptors (Lipinski definition) is 3. The molecule has 0 bridgehead atoms. The number of sulfonamides is 1. The molecule has 146 valence electrons. The van der Waals surface area contributed by atoms with Crippen molar-refractivity contribution in [1.29, 1.82) is 0 Å². The molecule has 0 aromatic heterocycles. The van der Waals surface area contributed by atoms with Gasteiger partial charge in [0, 0.05) is 0 Å². The number of rotatable bonds is 6. The van der Waals surface area contributed by atoms with Crippen LogP contribution in [0.1, 0.15) is 0 Å². The zero-order chi connectivity index (χ0) is 19.4. The van der Waals surface area contributed by atoms with Crippen molar-refractivity contribution in [2.45, 2.75) is 4.90 Å². The summed E-state index contributed by atoms with van der Waals surface area (Å²) in [4.78, 5) is 0.508. The predicted octanol–water partition coefficient (Wildman–Crippen LogP) is 1.07. The van der Waals surface area contributed by atoms with Gasteiger partial charge in [0.05, 0.1) is 26.2 Å². The quantitative estimate of drug-likeness (QED) is 0.788. The first kappa shape index (κ1) is 19.7. The number of nitrogens with zero attached hydrogens (tertiary/aromatic N) is 1. The van der Waals surface area contributed by atoms with Crippen LogP contribution in [0, 0.1) is 17.5 Å². The lowest BCUT2D eigenvalue weighted by Crippen LogP contribution is -3.15. The molecule has 3 rings (SSSR count). The molecule has 0 atom stereocenters. The van der Waals surface area contributed by atoms with E-state index in [9.17, 15) is 21.6 Å². The van der Waals surface area contributed by atoms with Crippen LogP contribution in [0.2, 0.25) is 0 Å². The van der Waals surface area contributed by atoms with Crippen LogP contribution in [-0.4, -0.2) is 52.1 Å². The first-order valence-electron chi connectivity index (χ1n) is 8.53. The summed E-state index contributed by atoms with van der Waals surface area (Å²) in [7, 11) is -4.07. The maximum absolute atomic E-state index is 13.8. The molecule has 27 heavy (non-hydrogen) atoms. The van der Waals surface area contributed by atoms with Crippen LogP contribution in [0.3, 0.4) is 0 Å². The number of hydrogen-bond donors (Lipinski definition) is 1. The van der Waals surface area contributed by atoms with E-state index >= 15 is 0 Å². The van der Waals surface area contributed by atoms with Crippen molar-refractivity contribution in [1.82, 2.24) is 4.31 Å². The average molecular weight is 401 g/mol. The summed E-state index contributed by atoms with van der Waals surface area (Å²) >= 11 is 0. The van der Waals surface area contributed by atoms with E-state index in [1.807, 2.05) is 0 Å². The van der Waals surface area contributed by atoms with E-state index in [2.05, 4.69) is 0 Å².